The number of rotatable bonds is 6. The van der Waals surface area contributed by atoms with E-state index in [0.717, 1.165) is 43.5 Å². The van der Waals surface area contributed by atoms with Crippen LogP contribution in [0.5, 0.6) is 0 Å². The van der Waals surface area contributed by atoms with Gasteiger partial charge < -0.3 is 10.4 Å². The number of likely N-dealkylation sites (tertiary alicyclic amines) is 1. The van der Waals surface area contributed by atoms with E-state index in [9.17, 15) is 4.79 Å². The molecule has 2 N–H and O–H groups in total. The highest BCUT2D eigenvalue weighted by Crippen LogP contribution is 2.17. The predicted molar refractivity (Wildman–Crippen MR) is 94.7 cm³/mol. The summed E-state index contributed by atoms with van der Waals surface area (Å²) in [5.74, 6) is -0.129. The van der Waals surface area contributed by atoms with Crippen LogP contribution in [0.2, 0.25) is 0 Å². The molecule has 1 fully saturated rings. The number of carboxylic acids is 1. The first-order chi connectivity index (χ1) is 11.7. The Kier molecular flexibility index (Phi) is 5.23. The van der Waals surface area contributed by atoms with Crippen LogP contribution < -0.4 is 5.32 Å². The molecule has 0 spiro atoms. The summed E-state index contributed by atoms with van der Waals surface area (Å²) in [5, 5.41) is 12.1. The lowest BCUT2D eigenvalue weighted by molar-refractivity contribution is -0.131. The van der Waals surface area contributed by atoms with Crippen molar-refractivity contribution in [3.8, 4) is 0 Å². The fourth-order valence-corrected chi connectivity index (χ4v) is 2.90. The van der Waals surface area contributed by atoms with Gasteiger partial charge in [0.1, 0.15) is 5.82 Å². The molecule has 1 atom stereocenters. The van der Waals surface area contributed by atoms with Gasteiger partial charge in [-0.05, 0) is 35.8 Å². The Morgan fingerprint density at radius 1 is 1.29 bits per heavy atom. The average molecular weight is 323 g/mol. The van der Waals surface area contributed by atoms with E-state index < -0.39 is 5.97 Å². The molecule has 0 radical (unpaired) electrons. The first kappa shape index (κ1) is 16.2. The van der Waals surface area contributed by atoms with E-state index in [2.05, 4.69) is 39.5 Å². The maximum absolute atomic E-state index is 10.5. The number of nitrogens with one attached hydrogen (secondary N) is 1. The van der Waals surface area contributed by atoms with Crippen molar-refractivity contribution in [2.24, 2.45) is 0 Å². The first-order valence-corrected chi connectivity index (χ1v) is 8.09. The summed E-state index contributed by atoms with van der Waals surface area (Å²) in [6, 6.07) is 14.7. The van der Waals surface area contributed by atoms with E-state index in [0.29, 0.717) is 6.04 Å². The summed E-state index contributed by atoms with van der Waals surface area (Å²) in [5.41, 5.74) is 2.12. The molecule has 2 aromatic rings. The Labute approximate surface area is 141 Å². The Morgan fingerprint density at radius 2 is 2.12 bits per heavy atom. The van der Waals surface area contributed by atoms with Crippen LogP contribution in [0.25, 0.3) is 6.08 Å². The van der Waals surface area contributed by atoms with Gasteiger partial charge in [-0.15, -0.1) is 0 Å². The van der Waals surface area contributed by atoms with Crippen LogP contribution in [-0.4, -0.2) is 40.1 Å². The van der Waals surface area contributed by atoms with Gasteiger partial charge in [0.25, 0.3) is 0 Å². The van der Waals surface area contributed by atoms with Gasteiger partial charge in [-0.25, -0.2) is 9.78 Å². The summed E-state index contributed by atoms with van der Waals surface area (Å²) in [6.07, 6.45) is 5.42. The molecule has 24 heavy (non-hydrogen) atoms. The molecule has 0 amide bonds. The van der Waals surface area contributed by atoms with E-state index >= 15 is 0 Å². The van der Waals surface area contributed by atoms with Crippen molar-refractivity contribution in [3.05, 3.63) is 65.9 Å². The Hall–Kier alpha value is -2.66. The van der Waals surface area contributed by atoms with Gasteiger partial charge >= 0.3 is 5.97 Å². The first-order valence-electron chi connectivity index (χ1n) is 8.09. The van der Waals surface area contributed by atoms with Gasteiger partial charge in [0.15, 0.2) is 0 Å². The van der Waals surface area contributed by atoms with E-state index in [-0.39, 0.29) is 0 Å². The van der Waals surface area contributed by atoms with Crippen molar-refractivity contribution in [2.75, 3.05) is 18.4 Å². The quantitative estimate of drug-likeness (QED) is 0.800. The SMILES string of the molecule is O=C(O)/C=C/c1ccc(N[C@H]2CCN(Cc3ccccc3)C2)nc1. The van der Waals surface area contributed by atoms with Crippen molar-refractivity contribution >= 4 is 17.9 Å². The molecule has 0 bridgehead atoms. The molecule has 5 heteroatoms. The van der Waals surface area contributed by atoms with Gasteiger partial charge in [-0.1, -0.05) is 30.3 Å². The zero-order chi connectivity index (χ0) is 16.8. The number of hydrogen-bond acceptors (Lipinski definition) is 4. The van der Waals surface area contributed by atoms with E-state index in [1.54, 1.807) is 6.20 Å². The van der Waals surface area contributed by atoms with Gasteiger partial charge in [-0.3, -0.25) is 4.90 Å². The number of aromatic nitrogens is 1. The zero-order valence-corrected chi connectivity index (χ0v) is 13.4. The highest BCUT2D eigenvalue weighted by molar-refractivity contribution is 5.85. The fourth-order valence-electron chi connectivity index (χ4n) is 2.90. The smallest absolute Gasteiger partial charge is 0.328 e. The lowest BCUT2D eigenvalue weighted by atomic mass is 10.2. The van der Waals surface area contributed by atoms with Gasteiger partial charge in [-0.2, -0.15) is 0 Å². The maximum Gasteiger partial charge on any atom is 0.328 e. The predicted octanol–water partition coefficient (Wildman–Crippen LogP) is 2.87. The number of anilines is 1. The lowest BCUT2D eigenvalue weighted by Crippen LogP contribution is -2.26. The summed E-state index contributed by atoms with van der Waals surface area (Å²) in [4.78, 5) is 17.3. The second-order valence-corrected chi connectivity index (χ2v) is 6.00. The highest BCUT2D eigenvalue weighted by Gasteiger charge is 2.22. The van der Waals surface area contributed by atoms with Crippen LogP contribution >= 0.6 is 0 Å². The standard InChI is InChI=1S/C19H21N3O2/c23-19(24)9-7-15-6-8-18(20-12-15)21-17-10-11-22(14-17)13-16-4-2-1-3-5-16/h1-9,12,17H,10-11,13-14H2,(H,20,21)(H,23,24)/b9-7+/t17-/m0/s1. The molecule has 5 nitrogen and oxygen atoms in total. The van der Waals surface area contributed by atoms with Crippen LogP contribution in [0.3, 0.4) is 0 Å². The number of hydrogen-bond donors (Lipinski definition) is 2. The zero-order valence-electron chi connectivity index (χ0n) is 13.4. The van der Waals surface area contributed by atoms with Crippen LogP contribution in [-0.2, 0) is 11.3 Å². The molecule has 1 aliphatic rings. The number of aliphatic carboxylic acids is 1. The molecule has 1 aliphatic heterocycles. The third kappa shape index (κ3) is 4.67. The molecular formula is C19H21N3O2. The van der Waals surface area contributed by atoms with Crippen molar-refractivity contribution in [1.29, 1.82) is 0 Å². The normalized spacial score (nSPS) is 18.1. The van der Waals surface area contributed by atoms with Gasteiger partial charge in [0, 0.05) is 37.9 Å². The second kappa shape index (κ2) is 7.75. The number of carboxylic acid groups (broad SMARTS) is 1. The molecular weight excluding hydrogens is 302 g/mol. The summed E-state index contributed by atoms with van der Waals surface area (Å²) in [6.45, 7) is 3.05. The molecule has 0 unspecified atom stereocenters. The number of nitrogens with zero attached hydrogens (tertiary/aromatic N) is 2. The van der Waals surface area contributed by atoms with E-state index in [1.165, 1.54) is 11.6 Å². The number of carbonyl (C=O) groups is 1. The van der Waals surface area contributed by atoms with Crippen molar-refractivity contribution in [2.45, 2.75) is 19.0 Å². The van der Waals surface area contributed by atoms with Gasteiger partial charge in [0.2, 0.25) is 0 Å². The largest absolute Gasteiger partial charge is 0.478 e. The molecule has 0 saturated carbocycles. The Balaban J connectivity index is 1.51. The van der Waals surface area contributed by atoms with E-state index in [1.807, 2.05) is 18.2 Å². The second-order valence-electron chi connectivity index (χ2n) is 6.00. The summed E-state index contributed by atoms with van der Waals surface area (Å²) < 4.78 is 0. The molecule has 124 valence electrons. The maximum atomic E-state index is 10.5. The van der Waals surface area contributed by atoms with Crippen molar-refractivity contribution in [1.82, 2.24) is 9.88 Å². The van der Waals surface area contributed by atoms with Crippen LogP contribution in [0.1, 0.15) is 17.5 Å². The van der Waals surface area contributed by atoms with Crippen molar-refractivity contribution < 1.29 is 9.90 Å². The fraction of sp³-hybridized carbons (Fsp3) is 0.263. The van der Waals surface area contributed by atoms with E-state index in [4.69, 9.17) is 5.11 Å². The third-order valence-electron chi connectivity index (χ3n) is 4.08. The minimum atomic E-state index is -0.957. The van der Waals surface area contributed by atoms with Crippen molar-refractivity contribution in [3.63, 3.8) is 0 Å². The molecule has 1 aromatic heterocycles. The summed E-state index contributed by atoms with van der Waals surface area (Å²) >= 11 is 0. The average Bonchev–Trinajstić information content (AvgIpc) is 3.02. The molecule has 2 heterocycles. The Bertz CT molecular complexity index is 698. The van der Waals surface area contributed by atoms with Crippen LogP contribution in [0, 0.1) is 0 Å². The van der Waals surface area contributed by atoms with Crippen LogP contribution in [0.15, 0.2) is 54.7 Å². The minimum Gasteiger partial charge on any atom is -0.478 e. The molecule has 1 saturated heterocycles. The molecule has 3 rings (SSSR count). The summed E-state index contributed by atoms with van der Waals surface area (Å²) in [7, 11) is 0. The molecule has 1 aromatic carbocycles. The molecule has 0 aliphatic carbocycles. The monoisotopic (exact) mass is 323 g/mol. The lowest BCUT2D eigenvalue weighted by Gasteiger charge is -2.17. The number of benzene rings is 1. The topological polar surface area (TPSA) is 65.5 Å². The van der Waals surface area contributed by atoms with Crippen LogP contribution in [0.4, 0.5) is 5.82 Å². The minimum absolute atomic E-state index is 0.390. The Morgan fingerprint density at radius 3 is 2.83 bits per heavy atom. The highest BCUT2D eigenvalue weighted by atomic mass is 16.4. The third-order valence-corrected chi connectivity index (χ3v) is 4.08. The van der Waals surface area contributed by atoms with Gasteiger partial charge in [0.05, 0.1) is 0 Å². The number of pyridine rings is 1.